The fourth-order valence-electron chi connectivity index (χ4n) is 5.40. The van der Waals surface area contributed by atoms with Crippen molar-refractivity contribution < 1.29 is 19.4 Å². The van der Waals surface area contributed by atoms with E-state index in [9.17, 15) is 9.90 Å². The monoisotopic (exact) mass is 529 g/mol. The number of carbonyl (C=O) groups is 1. The Balaban J connectivity index is 1.42. The minimum Gasteiger partial charge on any atom is -0.462 e. The first kappa shape index (κ1) is 25.4. The molecule has 1 N–H and O–H groups in total. The third-order valence-corrected chi connectivity index (χ3v) is 8.11. The molecule has 2 aromatic rings. The zero-order valence-corrected chi connectivity index (χ0v) is 21.5. The molecule has 5 nitrogen and oxygen atoms in total. The zero-order chi connectivity index (χ0) is 23.9. The summed E-state index contributed by atoms with van der Waals surface area (Å²) in [6.07, 6.45) is 5.80. The number of rotatable bonds is 11. The van der Waals surface area contributed by atoms with Gasteiger partial charge in [0.15, 0.2) is 0 Å². The van der Waals surface area contributed by atoms with Crippen molar-refractivity contribution in [1.29, 1.82) is 0 Å². The van der Waals surface area contributed by atoms with Gasteiger partial charge in [-0.3, -0.25) is 9.69 Å². The van der Waals surface area contributed by atoms with Crippen LogP contribution in [0.3, 0.4) is 0 Å². The van der Waals surface area contributed by atoms with Crippen molar-refractivity contribution in [2.45, 2.75) is 80.6 Å². The van der Waals surface area contributed by atoms with E-state index in [-0.39, 0.29) is 29.7 Å². The Labute approximate surface area is 211 Å². The number of alkyl halides is 1. The Morgan fingerprint density at radius 1 is 1.03 bits per heavy atom. The number of unbranched alkanes of at least 4 members (excludes halogenated alkanes) is 1. The zero-order valence-electron chi connectivity index (χ0n) is 19.9. The van der Waals surface area contributed by atoms with Gasteiger partial charge >= 0.3 is 5.97 Å². The number of fused-ring (bicyclic) bond motifs is 2. The number of aliphatic hydroxyl groups is 1. The number of piperidine rings is 1. The molecule has 0 spiro atoms. The third-order valence-electron chi connectivity index (χ3n) is 7.16. The van der Waals surface area contributed by atoms with Crippen LogP contribution in [-0.2, 0) is 14.3 Å². The number of nitrogens with zero attached hydrogens (tertiary/aromatic N) is 1. The molecule has 34 heavy (non-hydrogen) atoms. The summed E-state index contributed by atoms with van der Waals surface area (Å²) < 4.78 is 12.4. The number of esters is 1. The smallest absolute Gasteiger partial charge is 0.316 e. The van der Waals surface area contributed by atoms with Crippen LogP contribution >= 0.6 is 15.9 Å². The lowest BCUT2D eigenvalue weighted by atomic mass is 9.97. The number of hydrogen-bond donors (Lipinski definition) is 1. The van der Waals surface area contributed by atoms with Crippen LogP contribution in [0.4, 0.5) is 0 Å². The predicted molar refractivity (Wildman–Crippen MR) is 137 cm³/mol. The van der Waals surface area contributed by atoms with Crippen LogP contribution in [0.15, 0.2) is 60.7 Å². The minimum atomic E-state index is -0.629. The van der Waals surface area contributed by atoms with Crippen LogP contribution in [0.1, 0.15) is 68.6 Å². The van der Waals surface area contributed by atoms with Gasteiger partial charge in [0.2, 0.25) is 0 Å². The van der Waals surface area contributed by atoms with Crippen molar-refractivity contribution in [3.8, 4) is 0 Å². The Morgan fingerprint density at radius 2 is 1.62 bits per heavy atom. The van der Waals surface area contributed by atoms with Gasteiger partial charge in [0.05, 0.1) is 11.6 Å². The van der Waals surface area contributed by atoms with Crippen molar-refractivity contribution in [2.24, 2.45) is 0 Å². The number of benzene rings is 2. The molecular formula is C28H36BrNO4. The van der Waals surface area contributed by atoms with Gasteiger partial charge in [-0.1, -0.05) is 89.9 Å². The summed E-state index contributed by atoms with van der Waals surface area (Å²) in [7, 11) is 0. The van der Waals surface area contributed by atoms with Gasteiger partial charge < -0.3 is 14.6 Å². The molecule has 4 rings (SSSR count). The molecule has 2 fully saturated rings. The molecule has 6 atom stereocenters. The molecule has 184 valence electrons. The van der Waals surface area contributed by atoms with E-state index in [2.05, 4.69) is 52.0 Å². The highest BCUT2D eigenvalue weighted by molar-refractivity contribution is 9.09. The summed E-state index contributed by atoms with van der Waals surface area (Å²) in [6, 6.07) is 20.5. The molecule has 0 amide bonds. The van der Waals surface area contributed by atoms with Crippen molar-refractivity contribution in [3.05, 3.63) is 71.8 Å². The summed E-state index contributed by atoms with van der Waals surface area (Å²) in [5.74, 6) is -0.956. The van der Waals surface area contributed by atoms with Gasteiger partial charge in [-0.15, -0.1) is 0 Å². The Morgan fingerprint density at radius 3 is 2.18 bits per heavy atom. The van der Waals surface area contributed by atoms with Gasteiger partial charge in [0.1, 0.15) is 18.1 Å². The van der Waals surface area contributed by atoms with E-state index in [1.807, 2.05) is 36.4 Å². The second kappa shape index (κ2) is 12.3. The highest BCUT2D eigenvalue weighted by atomic mass is 79.9. The van der Waals surface area contributed by atoms with Crippen LogP contribution in [0.2, 0.25) is 0 Å². The lowest BCUT2D eigenvalue weighted by Gasteiger charge is -2.43. The standard InChI is InChI=1S/C28H36BrNO4/c1-2-3-16-33-26(21-12-8-5-9-13-21)27(29)30-22-14-15-23(30)18-24(17-22)34-28(32)25(19-31)20-10-6-4-7-11-20/h4-13,22-27,31H,2-3,14-19H2,1H3/t22-,23+,24?,25?,26?,27?. The van der Waals surface area contributed by atoms with Crippen LogP contribution in [0, 0.1) is 0 Å². The van der Waals surface area contributed by atoms with E-state index in [1.54, 1.807) is 0 Å². The number of hydrogen-bond acceptors (Lipinski definition) is 5. The summed E-state index contributed by atoms with van der Waals surface area (Å²) in [6.45, 7) is 2.67. The average molecular weight is 531 g/mol. The maximum absolute atomic E-state index is 12.9. The second-order valence-electron chi connectivity index (χ2n) is 9.44. The van der Waals surface area contributed by atoms with E-state index >= 15 is 0 Å². The third kappa shape index (κ3) is 5.91. The first-order valence-electron chi connectivity index (χ1n) is 12.6. The van der Waals surface area contributed by atoms with Gasteiger partial charge in [-0.2, -0.15) is 0 Å². The minimum absolute atomic E-state index is 0.0493. The topological polar surface area (TPSA) is 59.0 Å². The largest absolute Gasteiger partial charge is 0.462 e. The van der Waals surface area contributed by atoms with Gasteiger partial charge in [0.25, 0.3) is 0 Å². The average Bonchev–Trinajstić information content (AvgIpc) is 3.13. The normalized spacial score (nSPS) is 25.0. The maximum Gasteiger partial charge on any atom is 0.316 e. The molecule has 2 saturated heterocycles. The number of ether oxygens (including phenoxy) is 2. The quantitative estimate of drug-likeness (QED) is 0.178. The molecule has 6 heteroatoms. The Bertz CT molecular complexity index is 882. The molecule has 2 aliphatic heterocycles. The molecule has 2 aliphatic rings. The first-order chi connectivity index (χ1) is 16.6. The van der Waals surface area contributed by atoms with Crippen LogP contribution in [-0.4, -0.2) is 52.3 Å². The molecule has 0 aromatic heterocycles. The summed E-state index contributed by atoms with van der Waals surface area (Å²) in [5.41, 5.74) is 1.98. The molecule has 0 radical (unpaired) electrons. The van der Waals surface area contributed by atoms with Crippen molar-refractivity contribution in [1.82, 2.24) is 4.90 Å². The van der Waals surface area contributed by atoms with Crippen molar-refractivity contribution >= 4 is 21.9 Å². The van der Waals surface area contributed by atoms with E-state index in [1.165, 1.54) is 5.56 Å². The number of aliphatic hydroxyl groups excluding tert-OH is 1. The summed E-state index contributed by atoms with van der Waals surface area (Å²) in [4.78, 5) is 15.5. The molecule has 2 heterocycles. The lowest BCUT2D eigenvalue weighted by molar-refractivity contribution is -0.156. The molecule has 4 unspecified atom stereocenters. The van der Waals surface area contributed by atoms with E-state index in [0.29, 0.717) is 12.1 Å². The van der Waals surface area contributed by atoms with Crippen LogP contribution in [0.5, 0.6) is 0 Å². The maximum atomic E-state index is 12.9. The van der Waals surface area contributed by atoms with E-state index < -0.39 is 5.92 Å². The SMILES string of the molecule is CCCCOC(c1ccccc1)C(Br)N1[C@@H]2CC[C@H]1CC(OC(=O)C(CO)c1ccccc1)C2. The highest BCUT2D eigenvalue weighted by Gasteiger charge is 2.47. The predicted octanol–water partition coefficient (Wildman–Crippen LogP) is 5.58. The molecule has 2 aromatic carbocycles. The van der Waals surface area contributed by atoms with Gasteiger partial charge in [-0.25, -0.2) is 0 Å². The lowest BCUT2D eigenvalue weighted by Crippen LogP contribution is -2.51. The Hall–Kier alpha value is -1.73. The van der Waals surface area contributed by atoms with E-state index in [0.717, 1.165) is 50.7 Å². The molecule has 0 aliphatic carbocycles. The second-order valence-corrected chi connectivity index (χ2v) is 10.4. The highest BCUT2D eigenvalue weighted by Crippen LogP contribution is 2.43. The van der Waals surface area contributed by atoms with Gasteiger partial charge in [0, 0.05) is 31.5 Å². The summed E-state index contributed by atoms with van der Waals surface area (Å²) >= 11 is 4.01. The Kier molecular flexibility index (Phi) is 9.17. The van der Waals surface area contributed by atoms with Crippen molar-refractivity contribution in [3.63, 3.8) is 0 Å². The fourth-order valence-corrected chi connectivity index (χ4v) is 6.52. The van der Waals surface area contributed by atoms with Crippen LogP contribution in [0.25, 0.3) is 0 Å². The fraction of sp³-hybridized carbons (Fsp3) is 0.536. The number of halogens is 1. The summed E-state index contributed by atoms with van der Waals surface area (Å²) in [5, 5.41) is 9.84. The van der Waals surface area contributed by atoms with Crippen LogP contribution < -0.4 is 0 Å². The molecule has 0 saturated carbocycles. The van der Waals surface area contributed by atoms with Gasteiger partial charge in [-0.05, 0) is 30.4 Å². The number of carbonyl (C=O) groups excluding carboxylic acids is 1. The molecule has 2 bridgehead atoms. The first-order valence-corrected chi connectivity index (χ1v) is 13.5. The van der Waals surface area contributed by atoms with E-state index in [4.69, 9.17) is 9.47 Å². The van der Waals surface area contributed by atoms with Crippen molar-refractivity contribution in [2.75, 3.05) is 13.2 Å². The molecular weight excluding hydrogens is 494 g/mol.